The van der Waals surface area contributed by atoms with Crippen LogP contribution >= 0.6 is 0 Å². The van der Waals surface area contributed by atoms with Crippen molar-refractivity contribution >= 4 is 72.6 Å². The van der Waals surface area contributed by atoms with Crippen molar-refractivity contribution < 1.29 is 4.42 Å². The van der Waals surface area contributed by atoms with Crippen molar-refractivity contribution in [2.75, 3.05) is 5.32 Å². The monoisotopic (exact) mass is 808 g/mol. The van der Waals surface area contributed by atoms with Gasteiger partial charge in [-0.3, -0.25) is 0 Å². The van der Waals surface area contributed by atoms with Gasteiger partial charge < -0.3 is 14.3 Å². The van der Waals surface area contributed by atoms with Crippen LogP contribution in [0.3, 0.4) is 0 Å². The standard InChI is InChI=1S/C59H45BN2O/c1-59(2,3)41-29-31-42(32-30-41)61-49-27-17-16-26-44(49)46-34-45(37-18-8-5-9-19-37)55-54-43-25-15-14-20-38(43)28-33-50(54)62-51-35-47-52(36-48(51)60(4)56(46)57(55)62)63-58(40-23-12-7-13-24-40)53(47)39-21-10-6-11-22-39/h5-36,61H,1-4H3. The highest BCUT2D eigenvalue weighted by atomic mass is 16.3. The number of nitrogens with one attached hydrogen (secondary N) is 1. The number of fused-ring (bicyclic) bond motifs is 8. The highest BCUT2D eigenvalue weighted by Gasteiger charge is 2.35. The molecule has 0 unspecified atom stereocenters. The minimum Gasteiger partial charge on any atom is -0.455 e. The first-order valence-corrected chi connectivity index (χ1v) is 22.1. The van der Waals surface area contributed by atoms with E-state index in [0.717, 1.165) is 44.8 Å². The molecular weight excluding hydrogens is 763 g/mol. The molecule has 0 saturated carbocycles. The fraction of sp³-hybridized carbons (Fsp3) is 0.0847. The average Bonchev–Trinajstić information content (AvgIpc) is 3.88. The van der Waals surface area contributed by atoms with Gasteiger partial charge in [0.05, 0.1) is 11.0 Å². The second-order valence-electron chi connectivity index (χ2n) is 18.2. The lowest BCUT2D eigenvalue weighted by molar-refractivity contribution is 0.590. The van der Waals surface area contributed by atoms with E-state index in [-0.39, 0.29) is 12.1 Å². The molecule has 1 aliphatic rings. The molecule has 1 N–H and O–H groups in total. The van der Waals surface area contributed by atoms with Crippen LogP contribution in [0.2, 0.25) is 6.82 Å². The van der Waals surface area contributed by atoms with Crippen LogP contribution in [0, 0.1) is 0 Å². The molecule has 0 saturated heterocycles. The lowest BCUT2D eigenvalue weighted by Crippen LogP contribution is -2.46. The van der Waals surface area contributed by atoms with E-state index in [1.807, 2.05) is 0 Å². The van der Waals surface area contributed by atoms with Gasteiger partial charge in [-0.1, -0.05) is 179 Å². The number of furan rings is 1. The van der Waals surface area contributed by atoms with E-state index in [1.165, 1.54) is 77.0 Å². The second-order valence-corrected chi connectivity index (χ2v) is 18.2. The minimum absolute atomic E-state index is 0.0272. The maximum Gasteiger partial charge on any atom is 0.212 e. The van der Waals surface area contributed by atoms with E-state index >= 15 is 0 Å². The molecule has 12 rings (SSSR count). The van der Waals surface area contributed by atoms with Gasteiger partial charge in [0.2, 0.25) is 6.71 Å². The van der Waals surface area contributed by atoms with Gasteiger partial charge >= 0.3 is 0 Å². The van der Waals surface area contributed by atoms with Crippen molar-refractivity contribution in [1.29, 1.82) is 0 Å². The van der Waals surface area contributed by atoms with Crippen LogP contribution in [-0.2, 0) is 5.41 Å². The summed E-state index contributed by atoms with van der Waals surface area (Å²) in [5, 5.41) is 10.0. The predicted molar refractivity (Wildman–Crippen MR) is 269 cm³/mol. The summed E-state index contributed by atoms with van der Waals surface area (Å²) >= 11 is 0. The molecule has 9 aromatic carbocycles. The molecule has 300 valence electrons. The third-order valence-corrected chi connectivity index (χ3v) is 13.4. The SMILES string of the molecule is CB1c2cc3oc(-c4ccccc4)c(-c4ccccc4)c3cc2-n2c3ccc4ccccc4c3c3c(-c4ccccc4)cc(-c4ccccc4Nc4ccc(C(C)(C)C)cc4)c1c32. The van der Waals surface area contributed by atoms with Gasteiger partial charge in [0.15, 0.2) is 0 Å². The summed E-state index contributed by atoms with van der Waals surface area (Å²) in [5.74, 6) is 0.889. The summed E-state index contributed by atoms with van der Waals surface area (Å²) in [6, 6.07) is 70.8. The van der Waals surface area contributed by atoms with E-state index in [9.17, 15) is 0 Å². The largest absolute Gasteiger partial charge is 0.455 e. The molecule has 0 aliphatic carbocycles. The number of hydrogen-bond donors (Lipinski definition) is 1. The van der Waals surface area contributed by atoms with Gasteiger partial charge in [-0.05, 0) is 97.4 Å². The predicted octanol–water partition coefficient (Wildman–Crippen LogP) is 14.9. The van der Waals surface area contributed by atoms with Crippen LogP contribution in [-0.4, -0.2) is 11.3 Å². The van der Waals surface area contributed by atoms with Crippen LogP contribution in [0.4, 0.5) is 11.4 Å². The maximum absolute atomic E-state index is 7.03. The number of anilines is 2. The van der Waals surface area contributed by atoms with E-state index < -0.39 is 0 Å². The molecule has 0 fully saturated rings. The maximum atomic E-state index is 7.03. The normalized spacial score (nSPS) is 12.4. The van der Waals surface area contributed by atoms with Crippen molar-refractivity contribution in [1.82, 2.24) is 4.57 Å². The van der Waals surface area contributed by atoms with Crippen molar-refractivity contribution in [3.8, 4) is 50.4 Å². The zero-order valence-corrected chi connectivity index (χ0v) is 35.9. The lowest BCUT2D eigenvalue weighted by atomic mass is 9.39. The molecule has 0 atom stereocenters. The van der Waals surface area contributed by atoms with E-state index in [4.69, 9.17) is 4.42 Å². The Morgan fingerprint density at radius 1 is 0.540 bits per heavy atom. The van der Waals surface area contributed by atoms with Crippen molar-refractivity contribution in [2.24, 2.45) is 0 Å². The Kier molecular flexibility index (Phi) is 8.42. The van der Waals surface area contributed by atoms with E-state index in [2.05, 4.69) is 232 Å². The van der Waals surface area contributed by atoms with Gasteiger partial charge in [-0.2, -0.15) is 0 Å². The topological polar surface area (TPSA) is 30.1 Å². The number of nitrogens with zero attached hydrogens (tertiary/aromatic N) is 1. The first-order valence-electron chi connectivity index (χ1n) is 22.1. The number of hydrogen-bond acceptors (Lipinski definition) is 2. The third-order valence-electron chi connectivity index (χ3n) is 13.4. The minimum atomic E-state index is 0.0272. The molecule has 63 heavy (non-hydrogen) atoms. The first-order chi connectivity index (χ1) is 30.8. The summed E-state index contributed by atoms with van der Waals surface area (Å²) in [5.41, 5.74) is 18.8. The van der Waals surface area contributed by atoms with Crippen molar-refractivity contribution in [3.63, 3.8) is 0 Å². The summed E-state index contributed by atoms with van der Waals surface area (Å²) in [6.45, 7) is 9.21. The molecule has 1 aliphatic heterocycles. The third kappa shape index (κ3) is 5.89. The smallest absolute Gasteiger partial charge is 0.212 e. The molecule has 2 aromatic heterocycles. The van der Waals surface area contributed by atoms with Crippen LogP contribution in [0.1, 0.15) is 26.3 Å². The molecular formula is C59H45BN2O. The first kappa shape index (κ1) is 37.2. The Hall–Kier alpha value is -7.56. The van der Waals surface area contributed by atoms with Gasteiger partial charge in [-0.25, -0.2) is 0 Å². The van der Waals surface area contributed by atoms with E-state index in [1.54, 1.807) is 0 Å². The quantitative estimate of drug-likeness (QED) is 0.170. The fourth-order valence-electron chi connectivity index (χ4n) is 10.3. The summed E-state index contributed by atoms with van der Waals surface area (Å²) in [4.78, 5) is 0. The molecule has 11 aromatic rings. The number of benzene rings is 9. The molecule has 0 amide bonds. The fourth-order valence-corrected chi connectivity index (χ4v) is 10.3. The number of para-hydroxylation sites is 1. The molecule has 3 heterocycles. The van der Waals surface area contributed by atoms with Crippen LogP contribution in [0.15, 0.2) is 199 Å². The Balaban J connectivity index is 1.20. The summed E-state index contributed by atoms with van der Waals surface area (Å²) in [6.07, 6.45) is 0. The molecule has 0 bridgehead atoms. The number of aromatic nitrogens is 1. The Morgan fingerprint density at radius 2 is 1.19 bits per heavy atom. The second kappa shape index (κ2) is 14.3. The highest BCUT2D eigenvalue weighted by molar-refractivity contribution is 6.88. The Morgan fingerprint density at radius 3 is 1.92 bits per heavy atom. The Labute approximate surface area is 368 Å². The zero-order valence-electron chi connectivity index (χ0n) is 35.9. The van der Waals surface area contributed by atoms with Crippen LogP contribution in [0.25, 0.3) is 93.9 Å². The molecule has 0 spiro atoms. The summed E-state index contributed by atoms with van der Waals surface area (Å²) in [7, 11) is 0. The van der Waals surface area contributed by atoms with Gasteiger partial charge in [0.1, 0.15) is 11.3 Å². The van der Waals surface area contributed by atoms with Crippen LogP contribution in [0.5, 0.6) is 0 Å². The molecule has 0 radical (unpaired) electrons. The zero-order chi connectivity index (χ0) is 42.4. The van der Waals surface area contributed by atoms with Crippen molar-refractivity contribution in [2.45, 2.75) is 33.0 Å². The van der Waals surface area contributed by atoms with Gasteiger partial charge in [0.25, 0.3) is 0 Å². The lowest BCUT2D eigenvalue weighted by Gasteiger charge is -2.28. The molecule has 4 heteroatoms. The average molecular weight is 809 g/mol. The van der Waals surface area contributed by atoms with Crippen LogP contribution < -0.4 is 16.2 Å². The van der Waals surface area contributed by atoms with Gasteiger partial charge in [-0.15, -0.1) is 0 Å². The summed E-state index contributed by atoms with van der Waals surface area (Å²) < 4.78 is 9.61. The van der Waals surface area contributed by atoms with Crippen molar-refractivity contribution in [3.05, 3.63) is 200 Å². The van der Waals surface area contributed by atoms with E-state index in [0.29, 0.717) is 0 Å². The molecule has 3 nitrogen and oxygen atoms in total. The highest BCUT2D eigenvalue weighted by Crippen LogP contribution is 2.47. The number of rotatable bonds is 6. The Bertz CT molecular complexity index is 3560. The van der Waals surface area contributed by atoms with Gasteiger partial charge in [0, 0.05) is 49.9 Å².